The van der Waals surface area contributed by atoms with E-state index in [1.54, 1.807) is 12.5 Å². The summed E-state index contributed by atoms with van der Waals surface area (Å²) >= 11 is 5.50. The quantitative estimate of drug-likeness (QED) is 0.846. The molecule has 1 heterocycles. The Morgan fingerprint density at radius 2 is 2.35 bits per heavy atom. The van der Waals surface area contributed by atoms with Crippen LogP contribution in [-0.2, 0) is 4.79 Å². The van der Waals surface area contributed by atoms with Crippen molar-refractivity contribution in [3.63, 3.8) is 0 Å². The highest BCUT2D eigenvalue weighted by molar-refractivity contribution is 6.19. The fraction of sp³-hybridized carbons (Fsp3) is 0.167. The summed E-state index contributed by atoms with van der Waals surface area (Å²) in [5, 5.41) is 2.79. The number of hydrogen-bond acceptors (Lipinski definition) is 2. The molecule has 0 aliphatic rings. The van der Waals surface area contributed by atoms with Crippen molar-refractivity contribution in [2.75, 3.05) is 11.2 Å². The highest BCUT2D eigenvalue weighted by atomic mass is 35.5. The first-order chi connectivity index (χ1) is 8.29. The zero-order valence-electron chi connectivity index (χ0n) is 9.14. The van der Waals surface area contributed by atoms with Gasteiger partial charge in [0.2, 0.25) is 5.91 Å². The van der Waals surface area contributed by atoms with Crippen LogP contribution in [0.3, 0.4) is 0 Å². The molecular weight excluding hydrogens is 238 g/mol. The van der Waals surface area contributed by atoms with E-state index in [0.717, 1.165) is 11.4 Å². The summed E-state index contributed by atoms with van der Waals surface area (Å²) in [7, 11) is 0. The minimum atomic E-state index is -0.0808. The maximum absolute atomic E-state index is 11.4. The van der Waals surface area contributed by atoms with Crippen LogP contribution in [0.15, 0.2) is 43.0 Å². The fourth-order valence-corrected chi connectivity index (χ4v) is 1.64. The van der Waals surface area contributed by atoms with E-state index < -0.39 is 0 Å². The number of carbonyl (C=O) groups is 1. The second-order valence-electron chi connectivity index (χ2n) is 3.51. The number of nitrogens with one attached hydrogen (secondary N) is 1. The average Bonchev–Trinajstić information content (AvgIpc) is 2.83. The Bertz CT molecular complexity index is 496. The van der Waals surface area contributed by atoms with Crippen LogP contribution in [0.1, 0.15) is 6.42 Å². The maximum atomic E-state index is 11.4. The summed E-state index contributed by atoms with van der Waals surface area (Å²) < 4.78 is 1.87. The molecule has 0 fully saturated rings. The van der Waals surface area contributed by atoms with Gasteiger partial charge < -0.3 is 9.88 Å². The lowest BCUT2D eigenvalue weighted by Gasteiger charge is -2.07. The fourth-order valence-electron chi connectivity index (χ4n) is 1.47. The lowest BCUT2D eigenvalue weighted by atomic mass is 10.2. The molecule has 0 aliphatic carbocycles. The van der Waals surface area contributed by atoms with Crippen LogP contribution in [0.4, 0.5) is 5.69 Å². The summed E-state index contributed by atoms with van der Waals surface area (Å²) in [4.78, 5) is 15.4. The Morgan fingerprint density at radius 3 is 3.06 bits per heavy atom. The molecule has 2 aromatic rings. The molecule has 1 aromatic heterocycles. The molecule has 0 spiro atoms. The van der Waals surface area contributed by atoms with Gasteiger partial charge in [0.05, 0.1) is 6.33 Å². The first kappa shape index (κ1) is 11.7. The lowest BCUT2D eigenvalue weighted by Crippen LogP contribution is -2.11. The Balaban J connectivity index is 2.15. The van der Waals surface area contributed by atoms with Gasteiger partial charge in [-0.25, -0.2) is 4.98 Å². The van der Waals surface area contributed by atoms with Crippen LogP contribution in [0, 0.1) is 0 Å². The van der Waals surface area contributed by atoms with Crippen LogP contribution in [0.2, 0.25) is 0 Å². The number of amides is 1. The van der Waals surface area contributed by atoms with Gasteiger partial charge in [-0.3, -0.25) is 4.79 Å². The summed E-state index contributed by atoms with van der Waals surface area (Å²) in [5.74, 6) is 0.246. The molecule has 0 saturated carbocycles. The summed E-state index contributed by atoms with van der Waals surface area (Å²) in [5.41, 5.74) is 1.71. The van der Waals surface area contributed by atoms with Gasteiger partial charge >= 0.3 is 0 Å². The van der Waals surface area contributed by atoms with E-state index >= 15 is 0 Å². The number of anilines is 1. The smallest absolute Gasteiger partial charge is 0.225 e. The first-order valence-corrected chi connectivity index (χ1v) is 5.77. The number of benzene rings is 1. The molecule has 2 rings (SSSR count). The highest BCUT2D eigenvalue weighted by Crippen LogP contribution is 2.14. The number of rotatable bonds is 4. The number of imidazole rings is 1. The van der Waals surface area contributed by atoms with Crippen molar-refractivity contribution in [1.29, 1.82) is 0 Å². The van der Waals surface area contributed by atoms with Crippen molar-refractivity contribution in [2.45, 2.75) is 6.42 Å². The van der Waals surface area contributed by atoms with Crippen LogP contribution < -0.4 is 5.32 Å². The predicted molar refractivity (Wildman–Crippen MR) is 67.5 cm³/mol. The van der Waals surface area contributed by atoms with E-state index in [9.17, 15) is 4.79 Å². The molecule has 0 radical (unpaired) electrons. The van der Waals surface area contributed by atoms with Crippen LogP contribution in [0.5, 0.6) is 0 Å². The van der Waals surface area contributed by atoms with Gasteiger partial charge in [-0.2, -0.15) is 0 Å². The molecule has 0 bridgehead atoms. The van der Waals surface area contributed by atoms with E-state index in [0.29, 0.717) is 12.3 Å². The van der Waals surface area contributed by atoms with Gasteiger partial charge in [0.15, 0.2) is 0 Å². The zero-order chi connectivity index (χ0) is 12.1. The first-order valence-electron chi connectivity index (χ1n) is 5.24. The minimum Gasteiger partial charge on any atom is -0.326 e. The number of halogens is 1. The number of hydrogen-bond donors (Lipinski definition) is 1. The summed E-state index contributed by atoms with van der Waals surface area (Å²) in [6.07, 6.45) is 5.58. The number of aromatic nitrogens is 2. The van der Waals surface area contributed by atoms with E-state index in [2.05, 4.69) is 10.3 Å². The van der Waals surface area contributed by atoms with E-state index in [1.165, 1.54) is 0 Å². The largest absolute Gasteiger partial charge is 0.326 e. The third-order valence-electron chi connectivity index (χ3n) is 2.25. The SMILES string of the molecule is O=C(CCCl)Nc1cccc(-n2ccnc2)c1. The summed E-state index contributed by atoms with van der Waals surface area (Å²) in [6.45, 7) is 0. The van der Waals surface area contributed by atoms with Crippen LogP contribution in [0.25, 0.3) is 5.69 Å². The Hall–Kier alpha value is -1.81. The monoisotopic (exact) mass is 249 g/mol. The van der Waals surface area contributed by atoms with Gasteiger partial charge in [-0.05, 0) is 18.2 Å². The van der Waals surface area contributed by atoms with Gasteiger partial charge in [-0.15, -0.1) is 11.6 Å². The number of carbonyl (C=O) groups excluding carboxylic acids is 1. The molecular formula is C12H12ClN3O. The molecule has 1 N–H and O–H groups in total. The van der Waals surface area contributed by atoms with Crippen LogP contribution in [-0.4, -0.2) is 21.3 Å². The van der Waals surface area contributed by atoms with Crippen molar-refractivity contribution >= 4 is 23.2 Å². The molecule has 88 valence electrons. The van der Waals surface area contributed by atoms with Gasteiger partial charge in [0, 0.05) is 36.1 Å². The second kappa shape index (κ2) is 5.50. The topological polar surface area (TPSA) is 46.9 Å². The molecule has 1 aromatic carbocycles. The van der Waals surface area contributed by atoms with Crippen molar-refractivity contribution < 1.29 is 4.79 Å². The number of nitrogens with zero attached hydrogens (tertiary/aromatic N) is 2. The lowest BCUT2D eigenvalue weighted by molar-refractivity contribution is -0.115. The Kier molecular flexibility index (Phi) is 3.77. The molecule has 0 saturated heterocycles. The Labute approximate surface area is 104 Å². The molecule has 0 unspecified atom stereocenters. The molecule has 0 aliphatic heterocycles. The maximum Gasteiger partial charge on any atom is 0.225 e. The normalized spacial score (nSPS) is 10.2. The molecule has 0 atom stereocenters. The van der Waals surface area contributed by atoms with E-state index in [4.69, 9.17) is 11.6 Å². The van der Waals surface area contributed by atoms with Gasteiger partial charge in [-0.1, -0.05) is 6.07 Å². The third kappa shape index (κ3) is 3.07. The van der Waals surface area contributed by atoms with Crippen molar-refractivity contribution in [3.8, 4) is 5.69 Å². The average molecular weight is 250 g/mol. The Morgan fingerprint density at radius 1 is 1.47 bits per heavy atom. The van der Waals surface area contributed by atoms with Crippen molar-refractivity contribution in [3.05, 3.63) is 43.0 Å². The molecule has 5 heteroatoms. The van der Waals surface area contributed by atoms with Gasteiger partial charge in [0.1, 0.15) is 0 Å². The van der Waals surface area contributed by atoms with Gasteiger partial charge in [0.25, 0.3) is 0 Å². The highest BCUT2D eigenvalue weighted by Gasteiger charge is 2.02. The van der Waals surface area contributed by atoms with E-state index in [1.807, 2.05) is 35.0 Å². The van der Waals surface area contributed by atoms with Crippen LogP contribution >= 0.6 is 11.6 Å². The molecule has 17 heavy (non-hydrogen) atoms. The van der Waals surface area contributed by atoms with Crippen molar-refractivity contribution in [2.24, 2.45) is 0 Å². The standard InChI is InChI=1S/C12H12ClN3O/c13-5-4-12(17)15-10-2-1-3-11(8-10)16-7-6-14-9-16/h1-3,6-9H,4-5H2,(H,15,17). The van der Waals surface area contributed by atoms with Crippen molar-refractivity contribution in [1.82, 2.24) is 9.55 Å². The molecule has 4 nitrogen and oxygen atoms in total. The second-order valence-corrected chi connectivity index (χ2v) is 3.89. The summed E-state index contributed by atoms with van der Waals surface area (Å²) in [6, 6.07) is 7.55. The molecule has 1 amide bonds. The third-order valence-corrected chi connectivity index (χ3v) is 2.44. The predicted octanol–water partition coefficient (Wildman–Crippen LogP) is 2.44. The minimum absolute atomic E-state index is 0.0808. The number of alkyl halides is 1. The zero-order valence-corrected chi connectivity index (χ0v) is 9.89. The van der Waals surface area contributed by atoms with E-state index in [-0.39, 0.29) is 5.91 Å².